The van der Waals surface area contributed by atoms with E-state index in [-0.39, 0.29) is 0 Å². The van der Waals surface area contributed by atoms with Crippen LogP contribution in [0.15, 0.2) is 53.3 Å². The number of fused-ring (bicyclic) bond motifs is 1. The molecule has 0 aliphatic carbocycles. The van der Waals surface area contributed by atoms with Gasteiger partial charge in [0.2, 0.25) is 0 Å². The number of hydrogen-bond acceptors (Lipinski definition) is 2. The van der Waals surface area contributed by atoms with Gasteiger partial charge < -0.3 is 9.72 Å². The number of hydrogen-bond donors (Lipinski definition) is 1. The first kappa shape index (κ1) is 11.3. The van der Waals surface area contributed by atoms with Gasteiger partial charge in [0.1, 0.15) is 12.4 Å². The lowest BCUT2D eigenvalue weighted by Gasteiger charge is -2.02. The van der Waals surface area contributed by atoms with Gasteiger partial charge in [-0.05, 0) is 35.7 Å². The Morgan fingerprint density at radius 3 is 3.00 bits per heavy atom. The van der Waals surface area contributed by atoms with E-state index >= 15 is 0 Å². The van der Waals surface area contributed by atoms with Gasteiger partial charge in [-0.25, -0.2) is 0 Å². The fraction of sp³-hybridized carbons (Fsp3) is 0.0714. The van der Waals surface area contributed by atoms with Crippen LogP contribution < -0.4 is 4.74 Å². The Balaban J connectivity index is 1.79. The summed E-state index contributed by atoms with van der Waals surface area (Å²) in [7, 11) is 0. The van der Waals surface area contributed by atoms with Crippen molar-refractivity contribution < 1.29 is 4.74 Å². The summed E-state index contributed by atoms with van der Waals surface area (Å²) in [5, 5.41) is 1.18. The fourth-order valence-electron chi connectivity index (χ4n) is 1.83. The Labute approximate surface area is 113 Å². The number of aromatic nitrogens is 2. The summed E-state index contributed by atoms with van der Waals surface area (Å²) in [6, 6.07) is 12.0. The lowest BCUT2D eigenvalue weighted by Crippen LogP contribution is -1.95. The Morgan fingerprint density at radius 2 is 2.17 bits per heavy atom. The summed E-state index contributed by atoms with van der Waals surface area (Å²) in [5.41, 5.74) is 2.15. The van der Waals surface area contributed by atoms with Crippen molar-refractivity contribution in [1.29, 1.82) is 0 Å². The number of halogens is 1. The maximum absolute atomic E-state index is 5.65. The minimum Gasteiger partial charge on any atom is -0.486 e. The molecule has 0 aliphatic heterocycles. The molecule has 0 saturated carbocycles. The van der Waals surface area contributed by atoms with Crippen LogP contribution in [0.25, 0.3) is 10.9 Å². The van der Waals surface area contributed by atoms with Crippen LogP contribution in [0.3, 0.4) is 0 Å². The zero-order chi connectivity index (χ0) is 12.4. The van der Waals surface area contributed by atoms with Crippen molar-refractivity contribution in [2.75, 3.05) is 0 Å². The van der Waals surface area contributed by atoms with Crippen LogP contribution in [0.4, 0.5) is 0 Å². The third kappa shape index (κ3) is 2.38. The SMILES string of the molecule is Brc1ccc2cc(COc3cccnc3)[nH]c2c1. The van der Waals surface area contributed by atoms with Crippen molar-refractivity contribution >= 4 is 26.8 Å². The van der Waals surface area contributed by atoms with Crippen molar-refractivity contribution in [2.45, 2.75) is 6.61 Å². The highest BCUT2D eigenvalue weighted by molar-refractivity contribution is 9.10. The lowest BCUT2D eigenvalue weighted by atomic mass is 10.2. The topological polar surface area (TPSA) is 37.9 Å². The minimum atomic E-state index is 0.512. The first-order valence-electron chi connectivity index (χ1n) is 5.61. The Morgan fingerprint density at radius 1 is 1.22 bits per heavy atom. The van der Waals surface area contributed by atoms with Gasteiger partial charge in [0.25, 0.3) is 0 Å². The number of aromatic amines is 1. The lowest BCUT2D eigenvalue weighted by molar-refractivity contribution is 0.301. The van der Waals surface area contributed by atoms with Crippen molar-refractivity contribution in [3.05, 3.63) is 59.0 Å². The van der Waals surface area contributed by atoms with E-state index in [0.29, 0.717) is 6.61 Å². The second kappa shape index (κ2) is 4.82. The average molecular weight is 303 g/mol. The molecular weight excluding hydrogens is 292 g/mol. The molecule has 2 heterocycles. The molecule has 4 heteroatoms. The van der Waals surface area contributed by atoms with Crippen molar-refractivity contribution in [1.82, 2.24) is 9.97 Å². The molecule has 2 aromatic heterocycles. The summed E-state index contributed by atoms with van der Waals surface area (Å²) >= 11 is 3.46. The second-order valence-corrected chi connectivity index (χ2v) is 4.92. The molecule has 0 amide bonds. The van der Waals surface area contributed by atoms with E-state index in [4.69, 9.17) is 4.74 Å². The van der Waals surface area contributed by atoms with E-state index in [0.717, 1.165) is 21.4 Å². The van der Waals surface area contributed by atoms with E-state index in [1.54, 1.807) is 12.4 Å². The zero-order valence-corrected chi connectivity index (χ0v) is 11.1. The van der Waals surface area contributed by atoms with Crippen molar-refractivity contribution in [2.24, 2.45) is 0 Å². The quantitative estimate of drug-likeness (QED) is 0.796. The highest BCUT2D eigenvalue weighted by Gasteiger charge is 2.02. The number of nitrogens with zero attached hydrogens (tertiary/aromatic N) is 1. The molecular formula is C14H11BrN2O. The van der Waals surface area contributed by atoms with Gasteiger partial charge in [0.15, 0.2) is 0 Å². The molecule has 18 heavy (non-hydrogen) atoms. The molecule has 1 N–H and O–H groups in total. The van der Waals surface area contributed by atoms with Gasteiger partial charge >= 0.3 is 0 Å². The number of benzene rings is 1. The van der Waals surface area contributed by atoms with Crippen LogP contribution >= 0.6 is 15.9 Å². The van der Waals surface area contributed by atoms with Crippen LogP contribution in [0.1, 0.15) is 5.69 Å². The number of H-pyrrole nitrogens is 1. The molecule has 0 bridgehead atoms. The standard InChI is InChI=1S/C14H11BrN2O/c15-11-4-3-10-6-12(17-14(10)7-11)9-18-13-2-1-5-16-8-13/h1-8,17H,9H2. The summed E-state index contributed by atoms with van der Waals surface area (Å²) in [6.07, 6.45) is 3.44. The molecule has 0 unspecified atom stereocenters. The number of rotatable bonds is 3. The molecule has 1 aromatic carbocycles. The smallest absolute Gasteiger partial charge is 0.138 e. The van der Waals surface area contributed by atoms with Gasteiger partial charge in [0, 0.05) is 16.2 Å². The highest BCUT2D eigenvalue weighted by Crippen LogP contribution is 2.21. The van der Waals surface area contributed by atoms with Gasteiger partial charge in [-0.1, -0.05) is 22.0 Å². The molecule has 0 radical (unpaired) electrons. The monoisotopic (exact) mass is 302 g/mol. The zero-order valence-electron chi connectivity index (χ0n) is 9.56. The largest absolute Gasteiger partial charge is 0.486 e. The van der Waals surface area contributed by atoms with E-state index in [2.05, 4.69) is 44.1 Å². The molecule has 90 valence electrons. The molecule has 0 saturated heterocycles. The molecule has 0 fully saturated rings. The van der Waals surface area contributed by atoms with Crippen LogP contribution in [-0.2, 0) is 6.61 Å². The predicted molar refractivity (Wildman–Crippen MR) is 74.6 cm³/mol. The van der Waals surface area contributed by atoms with E-state index in [1.165, 1.54) is 5.39 Å². The van der Waals surface area contributed by atoms with E-state index in [9.17, 15) is 0 Å². The highest BCUT2D eigenvalue weighted by atomic mass is 79.9. The maximum atomic E-state index is 5.65. The molecule has 3 rings (SSSR count). The fourth-order valence-corrected chi connectivity index (χ4v) is 2.19. The Bertz CT molecular complexity index is 664. The number of nitrogens with one attached hydrogen (secondary N) is 1. The van der Waals surface area contributed by atoms with Gasteiger partial charge in [-0.15, -0.1) is 0 Å². The van der Waals surface area contributed by atoms with Crippen LogP contribution in [-0.4, -0.2) is 9.97 Å². The number of pyridine rings is 1. The summed E-state index contributed by atoms with van der Waals surface area (Å²) in [5.74, 6) is 0.775. The Kier molecular flexibility index (Phi) is 3.02. The Hall–Kier alpha value is -1.81. The minimum absolute atomic E-state index is 0.512. The third-order valence-corrected chi connectivity index (χ3v) is 3.16. The van der Waals surface area contributed by atoms with Crippen molar-refractivity contribution in [3.8, 4) is 5.75 Å². The molecule has 0 aliphatic rings. The van der Waals surface area contributed by atoms with Crippen LogP contribution in [0, 0.1) is 0 Å². The van der Waals surface area contributed by atoms with E-state index in [1.807, 2.05) is 18.2 Å². The number of ether oxygens (including phenoxy) is 1. The van der Waals surface area contributed by atoms with Gasteiger partial charge in [0.05, 0.1) is 11.9 Å². The predicted octanol–water partition coefficient (Wildman–Crippen LogP) is 3.90. The van der Waals surface area contributed by atoms with Crippen molar-refractivity contribution in [3.63, 3.8) is 0 Å². The normalized spacial score (nSPS) is 10.7. The van der Waals surface area contributed by atoms with E-state index < -0.39 is 0 Å². The second-order valence-electron chi connectivity index (χ2n) is 4.00. The average Bonchev–Trinajstić information content (AvgIpc) is 2.79. The summed E-state index contributed by atoms with van der Waals surface area (Å²) in [4.78, 5) is 7.34. The van der Waals surface area contributed by atoms with Gasteiger partial charge in [-0.2, -0.15) is 0 Å². The third-order valence-electron chi connectivity index (χ3n) is 2.67. The summed E-state index contributed by atoms with van der Waals surface area (Å²) in [6.45, 7) is 0.512. The first-order valence-corrected chi connectivity index (χ1v) is 6.40. The summed E-state index contributed by atoms with van der Waals surface area (Å²) < 4.78 is 6.71. The molecule has 0 spiro atoms. The maximum Gasteiger partial charge on any atom is 0.138 e. The van der Waals surface area contributed by atoms with Crippen LogP contribution in [0.5, 0.6) is 5.75 Å². The molecule has 3 aromatic rings. The van der Waals surface area contributed by atoms with Gasteiger partial charge in [-0.3, -0.25) is 4.98 Å². The molecule has 3 nitrogen and oxygen atoms in total. The molecule has 0 atom stereocenters. The first-order chi connectivity index (χ1) is 8.81. The van der Waals surface area contributed by atoms with Crippen LogP contribution in [0.2, 0.25) is 0 Å².